The normalized spacial score (nSPS) is 15.7. The van der Waals surface area contributed by atoms with Crippen LogP contribution < -0.4 is 15.7 Å². The Kier molecular flexibility index (Phi) is 7.03. The second kappa shape index (κ2) is 8.86. The van der Waals surface area contributed by atoms with Gasteiger partial charge in [0, 0.05) is 37.8 Å². The van der Waals surface area contributed by atoms with Gasteiger partial charge in [-0.2, -0.15) is 0 Å². The summed E-state index contributed by atoms with van der Waals surface area (Å²) in [5.41, 5.74) is 0.549. The van der Waals surface area contributed by atoms with E-state index in [0.717, 1.165) is 26.2 Å². The van der Waals surface area contributed by atoms with Gasteiger partial charge in [0.05, 0.1) is 11.3 Å². The number of pyridine rings is 1. The highest BCUT2D eigenvalue weighted by atomic mass is 16.5. The number of anilines is 2. The van der Waals surface area contributed by atoms with Crippen molar-refractivity contribution in [2.75, 3.05) is 43.4 Å². The van der Waals surface area contributed by atoms with Gasteiger partial charge in [-0.25, -0.2) is 4.98 Å². The zero-order valence-corrected chi connectivity index (χ0v) is 17.0. The number of hydrogen-bond acceptors (Lipinski definition) is 6. The third-order valence-corrected chi connectivity index (χ3v) is 5.22. The number of nitrogens with one attached hydrogen (secondary N) is 1. The van der Waals surface area contributed by atoms with Crippen LogP contribution in [0.3, 0.4) is 0 Å². The molecule has 1 fully saturated rings. The van der Waals surface area contributed by atoms with E-state index >= 15 is 0 Å². The first-order valence-electron chi connectivity index (χ1n) is 9.36. The predicted octanol–water partition coefficient (Wildman–Crippen LogP) is 1.10. The highest BCUT2D eigenvalue weighted by Gasteiger charge is 2.31. The molecule has 0 bridgehead atoms. The number of carbonyl (C=O) groups is 1. The quantitative estimate of drug-likeness (QED) is 0.550. The standard InChI is InChI=1S/C19H31BN4O3/c1-7-17(25)22-16-12-15(20(26)27-19(4,5)14(2)3)13-21-18(16)24-10-8-23(6)9-11-24/h7,12-14,26H,1,8-11H2,2-6H3,(H,22,25). The maximum absolute atomic E-state index is 11.9. The van der Waals surface area contributed by atoms with Gasteiger partial charge in [0.15, 0.2) is 5.82 Å². The Labute approximate surface area is 162 Å². The van der Waals surface area contributed by atoms with Gasteiger partial charge in [-0.05, 0) is 39.0 Å². The number of amides is 1. The summed E-state index contributed by atoms with van der Waals surface area (Å²) in [6.45, 7) is 14.9. The van der Waals surface area contributed by atoms with Crippen molar-refractivity contribution in [2.45, 2.75) is 33.3 Å². The van der Waals surface area contributed by atoms with Crippen molar-refractivity contribution in [1.29, 1.82) is 0 Å². The maximum atomic E-state index is 11.9. The van der Waals surface area contributed by atoms with Crippen molar-refractivity contribution in [3.63, 3.8) is 0 Å². The molecule has 0 spiro atoms. The lowest BCUT2D eigenvalue weighted by Crippen LogP contribution is -2.46. The molecule has 8 heteroatoms. The van der Waals surface area contributed by atoms with Crippen LogP contribution in [0.2, 0.25) is 0 Å². The number of hydrogen-bond donors (Lipinski definition) is 2. The number of carbonyl (C=O) groups excluding carboxylic acids is 1. The van der Waals surface area contributed by atoms with Crippen molar-refractivity contribution in [2.24, 2.45) is 5.92 Å². The van der Waals surface area contributed by atoms with E-state index in [2.05, 4.69) is 33.7 Å². The first-order valence-corrected chi connectivity index (χ1v) is 9.36. The van der Waals surface area contributed by atoms with Crippen molar-refractivity contribution in [3.05, 3.63) is 24.9 Å². The summed E-state index contributed by atoms with van der Waals surface area (Å²) < 4.78 is 5.83. The van der Waals surface area contributed by atoms with Crippen molar-refractivity contribution < 1.29 is 14.5 Å². The summed E-state index contributed by atoms with van der Waals surface area (Å²) in [7, 11) is 0.953. The molecule has 2 rings (SSSR count). The molecule has 0 atom stereocenters. The molecule has 0 unspecified atom stereocenters. The Morgan fingerprint density at radius 1 is 1.41 bits per heavy atom. The minimum absolute atomic E-state index is 0.227. The van der Waals surface area contributed by atoms with Crippen LogP contribution in [0.5, 0.6) is 0 Å². The number of nitrogens with zero attached hydrogens (tertiary/aromatic N) is 3. The van der Waals surface area contributed by atoms with Crippen molar-refractivity contribution in [1.82, 2.24) is 9.88 Å². The molecule has 1 aliphatic rings. The fraction of sp³-hybridized carbons (Fsp3) is 0.579. The largest absolute Gasteiger partial charge is 0.493 e. The first-order chi connectivity index (χ1) is 12.6. The zero-order chi connectivity index (χ0) is 20.2. The molecule has 1 aromatic rings. The minimum Gasteiger partial charge on any atom is -0.423 e. The summed E-state index contributed by atoms with van der Waals surface area (Å²) in [5.74, 6) is 0.601. The molecule has 0 aromatic carbocycles. The molecular weight excluding hydrogens is 343 g/mol. The third-order valence-electron chi connectivity index (χ3n) is 5.22. The second-order valence-corrected chi connectivity index (χ2v) is 7.85. The zero-order valence-electron chi connectivity index (χ0n) is 17.0. The average Bonchev–Trinajstić information content (AvgIpc) is 2.62. The number of piperazine rings is 1. The molecule has 1 amide bonds. The number of likely N-dealkylation sites (N-methyl/N-ethyl adjacent to an activating group) is 1. The maximum Gasteiger partial charge on any atom is 0.493 e. The summed E-state index contributed by atoms with van der Waals surface area (Å²) in [4.78, 5) is 20.8. The second-order valence-electron chi connectivity index (χ2n) is 7.85. The molecule has 7 nitrogen and oxygen atoms in total. The molecular formula is C19H31BN4O3. The summed E-state index contributed by atoms with van der Waals surface area (Å²) in [5, 5.41) is 13.3. The van der Waals surface area contributed by atoms with Crippen LogP contribution in [0.25, 0.3) is 0 Å². The van der Waals surface area contributed by atoms with Crippen LogP contribution in [0.15, 0.2) is 24.9 Å². The van der Waals surface area contributed by atoms with E-state index in [1.165, 1.54) is 6.08 Å². The van der Waals surface area contributed by atoms with Crippen LogP contribution in [0, 0.1) is 5.92 Å². The third kappa shape index (κ3) is 5.54. The lowest BCUT2D eigenvalue weighted by molar-refractivity contribution is -0.111. The lowest BCUT2D eigenvalue weighted by Gasteiger charge is -2.34. The highest BCUT2D eigenvalue weighted by molar-refractivity contribution is 6.60. The fourth-order valence-corrected chi connectivity index (χ4v) is 2.65. The predicted molar refractivity (Wildman–Crippen MR) is 110 cm³/mol. The Hall–Kier alpha value is -1.90. The van der Waals surface area contributed by atoms with E-state index in [4.69, 9.17) is 4.65 Å². The van der Waals surface area contributed by atoms with E-state index in [-0.39, 0.29) is 11.8 Å². The summed E-state index contributed by atoms with van der Waals surface area (Å²) in [6, 6.07) is 1.73. The average molecular weight is 374 g/mol. The van der Waals surface area contributed by atoms with Gasteiger partial charge in [-0.1, -0.05) is 20.4 Å². The summed E-state index contributed by atoms with van der Waals surface area (Å²) >= 11 is 0. The van der Waals surface area contributed by atoms with Gasteiger partial charge < -0.3 is 24.8 Å². The van der Waals surface area contributed by atoms with E-state index < -0.39 is 12.7 Å². The molecule has 0 saturated carbocycles. The van der Waals surface area contributed by atoms with E-state index in [0.29, 0.717) is 17.0 Å². The smallest absolute Gasteiger partial charge is 0.423 e. The molecule has 27 heavy (non-hydrogen) atoms. The molecule has 2 heterocycles. The fourth-order valence-electron chi connectivity index (χ4n) is 2.65. The van der Waals surface area contributed by atoms with Crippen molar-refractivity contribution in [3.8, 4) is 0 Å². The van der Waals surface area contributed by atoms with Gasteiger partial charge in [0.2, 0.25) is 5.91 Å². The molecule has 2 N–H and O–H groups in total. The van der Waals surface area contributed by atoms with Crippen LogP contribution >= 0.6 is 0 Å². The SMILES string of the molecule is C=CC(=O)Nc1cc(B(O)OC(C)(C)C(C)C)cnc1N1CCN(C)CC1. The highest BCUT2D eigenvalue weighted by Crippen LogP contribution is 2.25. The molecule has 148 valence electrons. The first kappa shape index (κ1) is 21.4. The lowest BCUT2D eigenvalue weighted by atomic mass is 9.78. The molecule has 0 aliphatic carbocycles. The molecule has 0 radical (unpaired) electrons. The Morgan fingerprint density at radius 3 is 2.59 bits per heavy atom. The van der Waals surface area contributed by atoms with Crippen LogP contribution in [-0.4, -0.2) is 66.8 Å². The number of rotatable bonds is 7. The van der Waals surface area contributed by atoms with Gasteiger partial charge in [0.1, 0.15) is 0 Å². The Morgan fingerprint density at radius 2 is 2.04 bits per heavy atom. The molecule has 1 aliphatic heterocycles. The van der Waals surface area contributed by atoms with E-state index in [1.54, 1.807) is 12.3 Å². The van der Waals surface area contributed by atoms with E-state index in [1.807, 2.05) is 27.7 Å². The molecule has 1 saturated heterocycles. The summed E-state index contributed by atoms with van der Waals surface area (Å²) in [6.07, 6.45) is 2.83. The van der Waals surface area contributed by atoms with E-state index in [9.17, 15) is 9.82 Å². The Balaban J connectivity index is 2.29. The van der Waals surface area contributed by atoms with Gasteiger partial charge >= 0.3 is 7.12 Å². The van der Waals surface area contributed by atoms with Crippen LogP contribution in [0.4, 0.5) is 11.5 Å². The monoisotopic (exact) mass is 374 g/mol. The van der Waals surface area contributed by atoms with Crippen LogP contribution in [-0.2, 0) is 9.45 Å². The van der Waals surface area contributed by atoms with Gasteiger partial charge in [-0.15, -0.1) is 0 Å². The topological polar surface area (TPSA) is 77.9 Å². The molecule has 1 aromatic heterocycles. The van der Waals surface area contributed by atoms with Gasteiger partial charge in [0.25, 0.3) is 0 Å². The number of aromatic nitrogens is 1. The van der Waals surface area contributed by atoms with Crippen LogP contribution in [0.1, 0.15) is 27.7 Å². The van der Waals surface area contributed by atoms with Gasteiger partial charge in [-0.3, -0.25) is 4.79 Å². The minimum atomic E-state index is -1.13. The Bertz CT molecular complexity index is 673. The van der Waals surface area contributed by atoms with Crippen molar-refractivity contribution >= 4 is 30.0 Å².